The van der Waals surface area contributed by atoms with Gasteiger partial charge >= 0.3 is 5.97 Å². The molecule has 28 heavy (non-hydrogen) atoms. The summed E-state index contributed by atoms with van der Waals surface area (Å²) < 4.78 is 0. The highest BCUT2D eigenvalue weighted by atomic mass is 16.4. The van der Waals surface area contributed by atoms with Crippen LogP contribution in [0.1, 0.15) is 44.7 Å². The summed E-state index contributed by atoms with van der Waals surface area (Å²) in [5.74, 6) is -3.46. The number of aliphatic carboxylic acids is 1. The summed E-state index contributed by atoms with van der Waals surface area (Å²) in [7, 11) is 0. The fourth-order valence-corrected chi connectivity index (χ4v) is 2.76. The van der Waals surface area contributed by atoms with Crippen LogP contribution < -0.4 is 5.73 Å². The first-order chi connectivity index (χ1) is 13.2. The number of rotatable bonds is 15. The van der Waals surface area contributed by atoms with Crippen molar-refractivity contribution in [3.63, 3.8) is 0 Å². The minimum Gasteiger partial charge on any atom is -0.481 e. The van der Waals surface area contributed by atoms with Crippen LogP contribution in [0.3, 0.4) is 0 Å². The minimum atomic E-state index is -1.07. The van der Waals surface area contributed by atoms with Crippen LogP contribution >= 0.6 is 0 Å². The Labute approximate surface area is 163 Å². The molecule has 3 atom stereocenters. The molecule has 0 saturated heterocycles. The molecule has 9 nitrogen and oxygen atoms in total. The van der Waals surface area contributed by atoms with E-state index in [0.717, 1.165) is 6.42 Å². The third-order valence-corrected chi connectivity index (χ3v) is 4.49. The summed E-state index contributed by atoms with van der Waals surface area (Å²) in [6.07, 6.45) is 4.31. The molecule has 1 heterocycles. The summed E-state index contributed by atoms with van der Waals surface area (Å²) >= 11 is 0. The SMILES string of the molecule is CC(CC(=O)C(N)Cc1cnc[nH]1)C(=O)CC(CCC(=O)O)C(=O)C[CH]C=O. The van der Waals surface area contributed by atoms with E-state index in [1.165, 1.54) is 6.33 Å². The molecule has 0 saturated carbocycles. The van der Waals surface area contributed by atoms with Crippen molar-refractivity contribution in [2.24, 2.45) is 17.6 Å². The van der Waals surface area contributed by atoms with Crippen LogP contribution in [0.5, 0.6) is 0 Å². The van der Waals surface area contributed by atoms with Gasteiger partial charge in [0.2, 0.25) is 0 Å². The zero-order valence-electron chi connectivity index (χ0n) is 15.8. The van der Waals surface area contributed by atoms with Crippen LogP contribution in [0.2, 0.25) is 0 Å². The number of ketones is 3. The zero-order chi connectivity index (χ0) is 21.1. The number of carbonyl (C=O) groups excluding carboxylic acids is 4. The van der Waals surface area contributed by atoms with Gasteiger partial charge in [-0.05, 0) is 6.42 Å². The van der Waals surface area contributed by atoms with Crippen molar-refractivity contribution in [3.05, 3.63) is 24.6 Å². The van der Waals surface area contributed by atoms with E-state index < -0.39 is 23.8 Å². The molecular formula is C19H26N3O6. The molecule has 0 aliphatic carbocycles. The third kappa shape index (κ3) is 8.34. The number of aldehydes is 1. The van der Waals surface area contributed by atoms with E-state index in [1.54, 1.807) is 13.1 Å². The van der Waals surface area contributed by atoms with Crippen LogP contribution in [0.25, 0.3) is 0 Å². The number of nitrogens with two attached hydrogens (primary N) is 1. The van der Waals surface area contributed by atoms with Crippen molar-refractivity contribution in [1.82, 2.24) is 9.97 Å². The van der Waals surface area contributed by atoms with E-state index >= 15 is 0 Å². The molecule has 0 bridgehead atoms. The first-order valence-electron chi connectivity index (χ1n) is 9.04. The first kappa shape index (κ1) is 23.4. The Balaban J connectivity index is 2.61. The first-order valence-corrected chi connectivity index (χ1v) is 9.04. The van der Waals surface area contributed by atoms with Gasteiger partial charge in [0, 0.05) is 62.3 Å². The summed E-state index contributed by atoms with van der Waals surface area (Å²) in [4.78, 5) is 64.8. The van der Waals surface area contributed by atoms with Crippen LogP contribution in [0, 0.1) is 18.3 Å². The fraction of sp³-hybridized carbons (Fsp3) is 0.526. The minimum absolute atomic E-state index is 0.00656. The number of carboxylic acids is 1. The van der Waals surface area contributed by atoms with E-state index in [0.29, 0.717) is 12.0 Å². The largest absolute Gasteiger partial charge is 0.481 e. The average molecular weight is 392 g/mol. The van der Waals surface area contributed by atoms with Gasteiger partial charge in [-0.25, -0.2) is 4.98 Å². The van der Waals surface area contributed by atoms with Gasteiger partial charge in [0.1, 0.15) is 17.9 Å². The molecule has 1 rings (SSSR count). The molecule has 1 aromatic rings. The van der Waals surface area contributed by atoms with E-state index in [4.69, 9.17) is 10.8 Å². The molecule has 0 aliphatic rings. The van der Waals surface area contributed by atoms with Crippen molar-refractivity contribution < 1.29 is 29.1 Å². The van der Waals surface area contributed by atoms with Gasteiger partial charge in [-0.15, -0.1) is 0 Å². The Kier molecular flexibility index (Phi) is 9.94. The normalized spacial score (nSPS) is 14.1. The lowest BCUT2D eigenvalue weighted by Gasteiger charge is -2.18. The molecule has 0 amide bonds. The lowest BCUT2D eigenvalue weighted by Crippen LogP contribution is -2.35. The number of nitrogens with zero attached hydrogens (tertiary/aromatic N) is 1. The standard InChI is InChI=1S/C19H26N3O6/c1-12(7-18(26)15(20)9-14-10-21-11-22-14)17(25)8-13(4-5-19(27)28)16(24)3-2-6-23/h2,6,10-13,15H,3-5,7-9,20H2,1H3,(H,21,22)(H,27,28). The molecule has 0 spiro atoms. The van der Waals surface area contributed by atoms with Gasteiger partial charge in [0.05, 0.1) is 12.4 Å². The number of carboxylic acid groups (broad SMARTS) is 1. The second kappa shape index (κ2) is 11.9. The lowest BCUT2D eigenvalue weighted by molar-refractivity contribution is -0.138. The Hall–Kier alpha value is -2.68. The van der Waals surface area contributed by atoms with Crippen molar-refractivity contribution >= 4 is 29.6 Å². The number of Topliss-reactive ketones (excluding diaryl/α,β-unsaturated/α-hetero) is 3. The van der Waals surface area contributed by atoms with E-state index in [1.807, 2.05) is 0 Å². The highest BCUT2D eigenvalue weighted by Gasteiger charge is 2.27. The van der Waals surface area contributed by atoms with E-state index in [-0.39, 0.29) is 55.9 Å². The van der Waals surface area contributed by atoms with Crippen LogP contribution in [0.4, 0.5) is 0 Å². The molecule has 0 fully saturated rings. The predicted octanol–water partition coefficient (Wildman–Crippen LogP) is 0.677. The van der Waals surface area contributed by atoms with Gasteiger partial charge in [0.25, 0.3) is 0 Å². The molecule has 0 aliphatic heterocycles. The number of nitrogens with one attached hydrogen (secondary N) is 1. The Morgan fingerprint density at radius 1 is 1.21 bits per heavy atom. The molecule has 3 unspecified atom stereocenters. The quantitative estimate of drug-likeness (QED) is 0.367. The molecule has 4 N–H and O–H groups in total. The molecule has 0 aromatic carbocycles. The number of hydrogen-bond acceptors (Lipinski definition) is 7. The fourth-order valence-electron chi connectivity index (χ4n) is 2.76. The number of aromatic nitrogens is 2. The maximum atomic E-state index is 12.5. The molecule has 9 heteroatoms. The number of imidazole rings is 1. The Bertz CT molecular complexity index is 686. The maximum absolute atomic E-state index is 12.5. The summed E-state index contributed by atoms with van der Waals surface area (Å²) in [5.41, 5.74) is 6.59. The topological polar surface area (TPSA) is 160 Å². The van der Waals surface area contributed by atoms with Crippen molar-refractivity contribution in [2.75, 3.05) is 0 Å². The Morgan fingerprint density at radius 2 is 1.93 bits per heavy atom. The molecule has 1 radical (unpaired) electrons. The number of aromatic amines is 1. The Morgan fingerprint density at radius 3 is 2.50 bits per heavy atom. The summed E-state index contributed by atoms with van der Waals surface area (Å²) in [5, 5.41) is 8.82. The maximum Gasteiger partial charge on any atom is 0.303 e. The smallest absolute Gasteiger partial charge is 0.303 e. The average Bonchev–Trinajstić information content (AvgIpc) is 3.15. The van der Waals surface area contributed by atoms with Crippen LogP contribution in [-0.4, -0.2) is 50.7 Å². The zero-order valence-corrected chi connectivity index (χ0v) is 15.8. The second-order valence-corrected chi connectivity index (χ2v) is 6.80. The second-order valence-electron chi connectivity index (χ2n) is 6.80. The third-order valence-electron chi connectivity index (χ3n) is 4.49. The van der Waals surface area contributed by atoms with Gasteiger partial charge in [0.15, 0.2) is 5.78 Å². The molecular weight excluding hydrogens is 366 g/mol. The van der Waals surface area contributed by atoms with Crippen LogP contribution in [-0.2, 0) is 30.4 Å². The van der Waals surface area contributed by atoms with Crippen molar-refractivity contribution in [2.45, 2.75) is 51.5 Å². The number of hydrogen-bond donors (Lipinski definition) is 3. The highest BCUT2D eigenvalue weighted by Crippen LogP contribution is 2.20. The molecule has 1 aromatic heterocycles. The van der Waals surface area contributed by atoms with Gasteiger partial charge in [-0.3, -0.25) is 19.2 Å². The highest BCUT2D eigenvalue weighted by molar-refractivity contribution is 5.94. The van der Waals surface area contributed by atoms with Crippen molar-refractivity contribution in [1.29, 1.82) is 0 Å². The monoisotopic (exact) mass is 392 g/mol. The van der Waals surface area contributed by atoms with E-state index in [2.05, 4.69) is 9.97 Å². The molecule has 153 valence electrons. The van der Waals surface area contributed by atoms with Gasteiger partial charge in [-0.1, -0.05) is 6.92 Å². The summed E-state index contributed by atoms with van der Waals surface area (Å²) in [6.45, 7) is 1.58. The van der Waals surface area contributed by atoms with Gasteiger partial charge in [-0.2, -0.15) is 0 Å². The summed E-state index contributed by atoms with van der Waals surface area (Å²) in [6, 6.07) is -0.776. The van der Waals surface area contributed by atoms with Gasteiger partial charge < -0.3 is 20.6 Å². The predicted molar refractivity (Wildman–Crippen MR) is 99.0 cm³/mol. The van der Waals surface area contributed by atoms with Crippen molar-refractivity contribution in [3.8, 4) is 0 Å². The van der Waals surface area contributed by atoms with E-state index in [9.17, 15) is 24.0 Å². The van der Waals surface area contributed by atoms with Crippen LogP contribution in [0.15, 0.2) is 12.5 Å². The number of carbonyl (C=O) groups is 5. The number of H-pyrrole nitrogens is 1. The lowest BCUT2D eigenvalue weighted by atomic mass is 9.85.